The third-order valence-corrected chi connectivity index (χ3v) is 6.81. The summed E-state index contributed by atoms with van der Waals surface area (Å²) < 4.78 is 25.5. The van der Waals surface area contributed by atoms with Gasteiger partial charge < -0.3 is 5.32 Å². The molecular weight excluding hydrogens is 376 g/mol. The van der Waals surface area contributed by atoms with Crippen LogP contribution in [0.25, 0.3) is 0 Å². The minimum Gasteiger partial charge on any atom is -0.321 e. The predicted octanol–water partition coefficient (Wildman–Crippen LogP) is 3.38. The van der Waals surface area contributed by atoms with Crippen LogP contribution in [0, 0.1) is 5.92 Å². The minimum atomic E-state index is -3.71. The van der Waals surface area contributed by atoms with Gasteiger partial charge in [0.15, 0.2) is 0 Å². The van der Waals surface area contributed by atoms with Crippen molar-refractivity contribution >= 4 is 33.2 Å². The summed E-state index contributed by atoms with van der Waals surface area (Å²) in [4.78, 5) is 25.2. The molecule has 0 saturated carbocycles. The average molecular weight is 401 g/mol. The highest BCUT2D eigenvalue weighted by Gasteiger charge is 2.42. The molecule has 2 amide bonds. The molecule has 7 heteroatoms. The van der Waals surface area contributed by atoms with Gasteiger partial charge in [-0.25, -0.2) is 12.7 Å². The van der Waals surface area contributed by atoms with Crippen LogP contribution in [0.1, 0.15) is 42.3 Å². The normalized spacial score (nSPS) is 18.3. The molecule has 1 saturated heterocycles. The Balaban J connectivity index is 1.94. The van der Waals surface area contributed by atoms with E-state index in [2.05, 4.69) is 5.32 Å². The number of sulfonamides is 1. The molecule has 1 N–H and O–H groups in total. The van der Waals surface area contributed by atoms with E-state index in [9.17, 15) is 18.0 Å². The Morgan fingerprint density at radius 1 is 1.11 bits per heavy atom. The predicted molar refractivity (Wildman–Crippen MR) is 110 cm³/mol. The first-order valence-electron chi connectivity index (χ1n) is 9.37. The molecule has 0 aliphatic carbocycles. The van der Waals surface area contributed by atoms with Gasteiger partial charge in [0.05, 0.1) is 17.4 Å². The Morgan fingerprint density at radius 3 is 2.25 bits per heavy atom. The van der Waals surface area contributed by atoms with Crippen LogP contribution < -0.4 is 9.62 Å². The monoisotopic (exact) mass is 400 g/mol. The number of benzene rings is 2. The molecule has 6 nitrogen and oxygen atoms in total. The van der Waals surface area contributed by atoms with Gasteiger partial charge in [0.2, 0.25) is 15.9 Å². The van der Waals surface area contributed by atoms with Crippen molar-refractivity contribution in [1.29, 1.82) is 0 Å². The quantitative estimate of drug-likeness (QED) is 0.834. The lowest BCUT2D eigenvalue weighted by molar-refractivity contribution is -0.119. The van der Waals surface area contributed by atoms with Crippen molar-refractivity contribution in [2.24, 2.45) is 5.92 Å². The SMILES string of the molecule is CCc1cccc(CC)c1NC(=O)c1cccc(N2C(=O)[C@H](C)CS2(=O)=O)c1. The van der Waals surface area contributed by atoms with Gasteiger partial charge in [0.1, 0.15) is 0 Å². The minimum absolute atomic E-state index is 0.196. The Bertz CT molecular complexity index is 1010. The summed E-state index contributed by atoms with van der Waals surface area (Å²) in [7, 11) is -3.71. The van der Waals surface area contributed by atoms with Crippen molar-refractivity contribution in [3.05, 3.63) is 59.2 Å². The zero-order valence-electron chi connectivity index (χ0n) is 16.2. The number of carbonyl (C=O) groups excluding carboxylic acids is 2. The van der Waals surface area contributed by atoms with Gasteiger partial charge in [0.25, 0.3) is 5.91 Å². The highest BCUT2D eigenvalue weighted by Crippen LogP contribution is 2.29. The van der Waals surface area contributed by atoms with Crippen LogP contribution in [0.4, 0.5) is 11.4 Å². The number of para-hydroxylation sites is 1. The first-order chi connectivity index (χ1) is 13.3. The molecule has 1 aliphatic rings. The molecule has 0 radical (unpaired) electrons. The van der Waals surface area contributed by atoms with Gasteiger partial charge in [0, 0.05) is 11.3 Å². The number of rotatable bonds is 5. The third-order valence-electron chi connectivity index (χ3n) is 4.94. The van der Waals surface area contributed by atoms with Gasteiger partial charge in [-0.15, -0.1) is 0 Å². The molecule has 2 aromatic carbocycles. The smallest absolute Gasteiger partial charge is 0.255 e. The second kappa shape index (κ2) is 7.75. The van der Waals surface area contributed by atoms with E-state index < -0.39 is 21.8 Å². The third kappa shape index (κ3) is 3.67. The zero-order chi connectivity index (χ0) is 20.5. The molecule has 28 heavy (non-hydrogen) atoms. The Labute approximate surface area is 165 Å². The van der Waals surface area contributed by atoms with E-state index in [0.717, 1.165) is 34.0 Å². The van der Waals surface area contributed by atoms with Crippen molar-refractivity contribution in [3.63, 3.8) is 0 Å². The lowest BCUT2D eigenvalue weighted by Crippen LogP contribution is -2.30. The first-order valence-corrected chi connectivity index (χ1v) is 11.0. The van der Waals surface area contributed by atoms with Crippen LogP contribution in [-0.4, -0.2) is 26.0 Å². The summed E-state index contributed by atoms with van der Waals surface area (Å²) in [5.41, 5.74) is 3.36. The number of hydrogen-bond acceptors (Lipinski definition) is 4. The molecule has 1 atom stereocenters. The summed E-state index contributed by atoms with van der Waals surface area (Å²) in [5.74, 6) is -1.62. The maximum atomic E-state index is 12.9. The van der Waals surface area contributed by atoms with Crippen molar-refractivity contribution < 1.29 is 18.0 Å². The van der Waals surface area contributed by atoms with Crippen LogP contribution in [0.15, 0.2) is 42.5 Å². The Morgan fingerprint density at radius 2 is 1.71 bits per heavy atom. The number of carbonyl (C=O) groups is 2. The molecule has 0 spiro atoms. The van der Waals surface area contributed by atoms with Gasteiger partial charge in [-0.3, -0.25) is 9.59 Å². The molecule has 0 aromatic heterocycles. The highest BCUT2D eigenvalue weighted by molar-refractivity contribution is 7.94. The number of nitrogens with zero attached hydrogens (tertiary/aromatic N) is 1. The van der Waals surface area contributed by atoms with Crippen molar-refractivity contribution in [3.8, 4) is 0 Å². The van der Waals surface area contributed by atoms with E-state index in [1.165, 1.54) is 12.1 Å². The lowest BCUT2D eigenvalue weighted by Gasteiger charge is -2.17. The molecule has 1 aliphatic heterocycles. The number of amides is 2. The van der Waals surface area contributed by atoms with Crippen molar-refractivity contribution in [1.82, 2.24) is 0 Å². The van der Waals surface area contributed by atoms with Gasteiger partial charge >= 0.3 is 0 Å². The number of nitrogens with one attached hydrogen (secondary N) is 1. The van der Waals surface area contributed by atoms with E-state index in [1.807, 2.05) is 32.0 Å². The molecule has 0 unspecified atom stereocenters. The summed E-state index contributed by atoms with van der Waals surface area (Å²) in [6.45, 7) is 5.64. The van der Waals surface area contributed by atoms with E-state index >= 15 is 0 Å². The molecule has 0 bridgehead atoms. The number of anilines is 2. The fraction of sp³-hybridized carbons (Fsp3) is 0.333. The van der Waals surface area contributed by atoms with Crippen LogP contribution in [0.5, 0.6) is 0 Å². The second-order valence-electron chi connectivity index (χ2n) is 6.95. The summed E-state index contributed by atoms with van der Waals surface area (Å²) >= 11 is 0. The zero-order valence-corrected chi connectivity index (χ0v) is 17.0. The standard InChI is InChI=1S/C21H24N2O4S/c1-4-15-8-6-9-16(5-2)19(15)22-20(24)17-10-7-11-18(12-17)23-21(25)14(3)13-28(23,26)27/h6-12,14H,4-5,13H2,1-3H3,(H,22,24)/t14-/m1/s1. The van der Waals surface area contributed by atoms with Crippen LogP contribution in [0.3, 0.4) is 0 Å². The lowest BCUT2D eigenvalue weighted by atomic mass is 10.0. The number of aryl methyl sites for hydroxylation is 2. The van der Waals surface area contributed by atoms with Gasteiger partial charge in [-0.1, -0.05) is 45.0 Å². The maximum absolute atomic E-state index is 12.9. The largest absolute Gasteiger partial charge is 0.321 e. The molecular formula is C21H24N2O4S. The first kappa shape index (κ1) is 20.1. The Kier molecular flexibility index (Phi) is 5.56. The van der Waals surface area contributed by atoms with E-state index in [4.69, 9.17) is 0 Å². The topological polar surface area (TPSA) is 83.6 Å². The highest BCUT2D eigenvalue weighted by atomic mass is 32.2. The Hall–Kier alpha value is -2.67. The second-order valence-corrected chi connectivity index (χ2v) is 8.81. The van der Waals surface area contributed by atoms with Crippen LogP contribution >= 0.6 is 0 Å². The molecule has 2 aromatic rings. The average Bonchev–Trinajstić information content (AvgIpc) is 2.88. The maximum Gasteiger partial charge on any atom is 0.255 e. The van der Waals surface area contributed by atoms with Crippen molar-refractivity contribution in [2.75, 3.05) is 15.4 Å². The van der Waals surface area contributed by atoms with Gasteiger partial charge in [-0.2, -0.15) is 0 Å². The summed E-state index contributed by atoms with van der Waals surface area (Å²) in [6, 6.07) is 12.1. The van der Waals surface area contributed by atoms with E-state index in [1.54, 1.807) is 19.1 Å². The van der Waals surface area contributed by atoms with Gasteiger partial charge in [-0.05, 0) is 42.2 Å². The molecule has 1 fully saturated rings. The van der Waals surface area contributed by atoms with E-state index in [0.29, 0.717) is 5.56 Å². The van der Waals surface area contributed by atoms with Crippen LogP contribution in [0.2, 0.25) is 0 Å². The fourth-order valence-electron chi connectivity index (χ4n) is 3.45. The summed E-state index contributed by atoms with van der Waals surface area (Å²) in [5, 5.41) is 2.96. The van der Waals surface area contributed by atoms with Crippen LogP contribution in [-0.2, 0) is 27.7 Å². The fourth-order valence-corrected chi connectivity index (χ4v) is 5.26. The van der Waals surface area contributed by atoms with Crippen molar-refractivity contribution in [2.45, 2.75) is 33.6 Å². The molecule has 3 rings (SSSR count). The summed E-state index contributed by atoms with van der Waals surface area (Å²) in [6.07, 6.45) is 1.56. The molecule has 1 heterocycles. The van der Waals surface area contributed by atoms with E-state index in [-0.39, 0.29) is 17.3 Å². The molecule has 148 valence electrons. The number of hydrogen-bond donors (Lipinski definition) is 1.